The van der Waals surface area contributed by atoms with Gasteiger partial charge in [-0.1, -0.05) is 30.3 Å². The molecule has 2 atom stereocenters. The molecule has 1 fully saturated rings. The SMILES string of the molecule is CCN(C(=O)c1cc2ccccc2[nH]1)[C@H]1CCC[C@@H](NCc2cccc(I)c2)C1. The zero-order chi connectivity index (χ0) is 20.2. The second kappa shape index (κ2) is 9.30. The molecule has 2 aromatic carbocycles. The van der Waals surface area contributed by atoms with Gasteiger partial charge in [0.25, 0.3) is 5.91 Å². The van der Waals surface area contributed by atoms with E-state index in [2.05, 4.69) is 69.0 Å². The molecule has 152 valence electrons. The molecule has 0 spiro atoms. The second-order valence-corrected chi connectivity index (χ2v) is 9.14. The van der Waals surface area contributed by atoms with E-state index < -0.39 is 0 Å². The number of para-hydroxylation sites is 1. The number of rotatable bonds is 6. The Morgan fingerprint density at radius 1 is 1.17 bits per heavy atom. The lowest BCUT2D eigenvalue weighted by Crippen LogP contribution is -2.46. The monoisotopic (exact) mass is 501 g/mol. The number of hydrogen-bond acceptors (Lipinski definition) is 2. The molecule has 3 aromatic rings. The molecule has 0 aliphatic heterocycles. The molecule has 29 heavy (non-hydrogen) atoms. The third kappa shape index (κ3) is 4.83. The number of halogens is 1. The first kappa shape index (κ1) is 20.4. The van der Waals surface area contributed by atoms with E-state index in [1.807, 2.05) is 30.3 Å². The van der Waals surface area contributed by atoms with Gasteiger partial charge < -0.3 is 15.2 Å². The Morgan fingerprint density at radius 2 is 2.03 bits per heavy atom. The minimum Gasteiger partial charge on any atom is -0.351 e. The van der Waals surface area contributed by atoms with E-state index in [1.54, 1.807) is 0 Å². The minimum atomic E-state index is 0.118. The number of aromatic nitrogens is 1. The molecule has 0 saturated heterocycles. The van der Waals surface area contributed by atoms with Gasteiger partial charge in [0, 0.05) is 39.6 Å². The first-order valence-electron chi connectivity index (χ1n) is 10.5. The van der Waals surface area contributed by atoms with Gasteiger partial charge in [-0.3, -0.25) is 4.79 Å². The summed E-state index contributed by atoms with van der Waals surface area (Å²) < 4.78 is 1.27. The maximum absolute atomic E-state index is 13.2. The number of benzene rings is 2. The highest BCUT2D eigenvalue weighted by atomic mass is 127. The average Bonchev–Trinajstić information content (AvgIpc) is 3.17. The molecule has 4 nitrogen and oxygen atoms in total. The molecule has 2 N–H and O–H groups in total. The molecule has 0 radical (unpaired) electrons. The number of amides is 1. The lowest BCUT2D eigenvalue weighted by Gasteiger charge is -2.37. The van der Waals surface area contributed by atoms with Crippen molar-refractivity contribution in [2.24, 2.45) is 0 Å². The second-order valence-electron chi connectivity index (χ2n) is 7.89. The van der Waals surface area contributed by atoms with E-state index in [-0.39, 0.29) is 5.91 Å². The molecule has 1 heterocycles. The zero-order valence-corrected chi connectivity index (χ0v) is 19.0. The summed E-state index contributed by atoms with van der Waals surface area (Å²) in [6, 6.07) is 19.4. The third-order valence-corrected chi connectivity index (χ3v) is 6.60. The van der Waals surface area contributed by atoms with Gasteiger partial charge >= 0.3 is 0 Å². The van der Waals surface area contributed by atoms with Crippen LogP contribution in [0.25, 0.3) is 10.9 Å². The summed E-state index contributed by atoms with van der Waals surface area (Å²) in [6.07, 6.45) is 4.44. The van der Waals surface area contributed by atoms with Crippen LogP contribution in [0.2, 0.25) is 0 Å². The summed E-state index contributed by atoms with van der Waals surface area (Å²) in [4.78, 5) is 18.6. The Hall–Kier alpha value is -1.86. The van der Waals surface area contributed by atoms with E-state index in [4.69, 9.17) is 0 Å². The summed E-state index contributed by atoms with van der Waals surface area (Å²) in [5.41, 5.74) is 3.04. The Morgan fingerprint density at radius 3 is 2.83 bits per heavy atom. The van der Waals surface area contributed by atoms with Crippen LogP contribution in [0, 0.1) is 3.57 Å². The normalized spacial score (nSPS) is 19.4. The first-order chi connectivity index (χ1) is 14.1. The van der Waals surface area contributed by atoms with E-state index in [9.17, 15) is 4.79 Å². The van der Waals surface area contributed by atoms with Gasteiger partial charge in [-0.05, 0) is 85.0 Å². The third-order valence-electron chi connectivity index (χ3n) is 5.93. The summed E-state index contributed by atoms with van der Waals surface area (Å²) in [5.74, 6) is 0.118. The van der Waals surface area contributed by atoms with Gasteiger partial charge in [0.05, 0.1) is 0 Å². The highest BCUT2D eigenvalue weighted by Crippen LogP contribution is 2.26. The molecule has 1 saturated carbocycles. The predicted molar refractivity (Wildman–Crippen MR) is 127 cm³/mol. The van der Waals surface area contributed by atoms with Gasteiger partial charge in [0.15, 0.2) is 0 Å². The van der Waals surface area contributed by atoms with Gasteiger partial charge in [-0.2, -0.15) is 0 Å². The quantitative estimate of drug-likeness (QED) is 0.449. The number of nitrogens with one attached hydrogen (secondary N) is 2. The maximum Gasteiger partial charge on any atom is 0.270 e. The van der Waals surface area contributed by atoms with Gasteiger partial charge in [0.2, 0.25) is 0 Å². The number of aromatic amines is 1. The Balaban J connectivity index is 1.42. The average molecular weight is 501 g/mol. The molecular weight excluding hydrogens is 473 g/mol. The molecular formula is C24H28IN3O. The predicted octanol–water partition coefficient (Wildman–Crippen LogP) is 5.34. The fourth-order valence-corrected chi connectivity index (χ4v) is 5.06. The van der Waals surface area contributed by atoms with Gasteiger partial charge in [0.1, 0.15) is 5.69 Å². The number of hydrogen-bond donors (Lipinski definition) is 2. The first-order valence-corrected chi connectivity index (χ1v) is 11.6. The summed E-state index contributed by atoms with van der Waals surface area (Å²) in [5, 5.41) is 4.82. The lowest BCUT2D eigenvalue weighted by atomic mass is 9.89. The van der Waals surface area contributed by atoms with E-state index in [1.165, 1.54) is 15.6 Å². The van der Waals surface area contributed by atoms with Crippen LogP contribution >= 0.6 is 22.6 Å². The molecule has 1 aliphatic carbocycles. The maximum atomic E-state index is 13.2. The van der Waals surface area contributed by atoms with Crippen LogP contribution in [-0.2, 0) is 6.54 Å². The number of H-pyrrole nitrogens is 1. The van der Waals surface area contributed by atoms with Crippen LogP contribution in [0.1, 0.15) is 48.7 Å². The number of carbonyl (C=O) groups is 1. The Labute approximate surface area is 186 Å². The summed E-state index contributed by atoms with van der Waals surface area (Å²) in [6.45, 7) is 3.71. The van der Waals surface area contributed by atoms with Crippen molar-refractivity contribution in [2.75, 3.05) is 6.54 Å². The number of fused-ring (bicyclic) bond motifs is 1. The van der Waals surface area contributed by atoms with Gasteiger partial charge in [-0.15, -0.1) is 0 Å². The fraction of sp³-hybridized carbons (Fsp3) is 0.375. The number of nitrogens with zero attached hydrogens (tertiary/aromatic N) is 1. The van der Waals surface area contributed by atoms with Crippen molar-refractivity contribution in [1.29, 1.82) is 0 Å². The van der Waals surface area contributed by atoms with E-state index in [0.717, 1.165) is 43.3 Å². The topological polar surface area (TPSA) is 48.1 Å². The molecule has 1 aromatic heterocycles. The van der Waals surface area contributed by atoms with Crippen molar-refractivity contribution in [3.05, 3.63) is 69.4 Å². The molecule has 1 aliphatic rings. The fourth-order valence-electron chi connectivity index (χ4n) is 4.45. The van der Waals surface area contributed by atoms with Crippen LogP contribution in [-0.4, -0.2) is 34.4 Å². The van der Waals surface area contributed by atoms with Crippen LogP contribution in [0.15, 0.2) is 54.6 Å². The van der Waals surface area contributed by atoms with Crippen molar-refractivity contribution in [3.63, 3.8) is 0 Å². The van der Waals surface area contributed by atoms with Crippen LogP contribution < -0.4 is 5.32 Å². The van der Waals surface area contributed by atoms with Gasteiger partial charge in [-0.25, -0.2) is 0 Å². The summed E-state index contributed by atoms with van der Waals surface area (Å²) >= 11 is 2.36. The highest BCUT2D eigenvalue weighted by Gasteiger charge is 2.29. The van der Waals surface area contributed by atoms with Crippen molar-refractivity contribution in [1.82, 2.24) is 15.2 Å². The van der Waals surface area contributed by atoms with Crippen molar-refractivity contribution >= 4 is 39.4 Å². The molecule has 0 unspecified atom stereocenters. The van der Waals surface area contributed by atoms with Crippen molar-refractivity contribution in [2.45, 2.75) is 51.2 Å². The Kier molecular flexibility index (Phi) is 6.55. The molecule has 1 amide bonds. The largest absolute Gasteiger partial charge is 0.351 e. The van der Waals surface area contributed by atoms with E-state index >= 15 is 0 Å². The smallest absolute Gasteiger partial charge is 0.270 e. The van der Waals surface area contributed by atoms with E-state index in [0.29, 0.717) is 17.8 Å². The molecule has 4 rings (SSSR count). The van der Waals surface area contributed by atoms with Crippen LogP contribution in [0.4, 0.5) is 0 Å². The number of carbonyl (C=O) groups excluding carboxylic acids is 1. The zero-order valence-electron chi connectivity index (χ0n) is 16.8. The Bertz CT molecular complexity index is 950. The van der Waals surface area contributed by atoms with Crippen LogP contribution in [0.3, 0.4) is 0 Å². The van der Waals surface area contributed by atoms with Crippen molar-refractivity contribution in [3.8, 4) is 0 Å². The minimum absolute atomic E-state index is 0.118. The standard InChI is InChI=1S/C24H28IN3O/c1-2-28(24(29)23-14-18-8-3-4-12-22(18)27-23)21-11-6-10-20(15-21)26-16-17-7-5-9-19(25)13-17/h3-5,7-9,12-14,20-21,26-27H,2,6,10-11,15-16H2,1H3/t20-,21+/m1/s1. The van der Waals surface area contributed by atoms with Crippen molar-refractivity contribution < 1.29 is 4.79 Å². The molecule has 0 bridgehead atoms. The van der Waals surface area contributed by atoms with Crippen LogP contribution in [0.5, 0.6) is 0 Å². The molecule has 5 heteroatoms. The lowest BCUT2D eigenvalue weighted by molar-refractivity contribution is 0.0623. The summed E-state index contributed by atoms with van der Waals surface area (Å²) in [7, 11) is 0. The highest BCUT2D eigenvalue weighted by molar-refractivity contribution is 14.1.